The summed E-state index contributed by atoms with van der Waals surface area (Å²) in [6.45, 7) is 10.3. The zero-order valence-corrected chi connectivity index (χ0v) is 25.6. The summed E-state index contributed by atoms with van der Waals surface area (Å²) in [6.07, 6.45) is 3.20. The molecule has 10 nitrogen and oxygen atoms in total. The third kappa shape index (κ3) is 5.88. The number of pyridine rings is 1. The maximum absolute atomic E-state index is 15.3. The van der Waals surface area contributed by atoms with Gasteiger partial charge in [0, 0.05) is 35.8 Å². The molecule has 0 aliphatic carbocycles. The number of aliphatic hydroxyl groups excluding tert-OH is 1. The molecule has 5 aromatic rings. The molecule has 0 spiro atoms. The van der Waals surface area contributed by atoms with Gasteiger partial charge in [-0.1, -0.05) is 45.9 Å². The number of rotatable bonds is 8. The van der Waals surface area contributed by atoms with Crippen molar-refractivity contribution in [2.45, 2.75) is 52.7 Å². The van der Waals surface area contributed by atoms with E-state index in [1.54, 1.807) is 42.6 Å². The van der Waals surface area contributed by atoms with E-state index in [9.17, 15) is 14.7 Å². The van der Waals surface area contributed by atoms with Crippen LogP contribution in [-0.2, 0) is 19.1 Å². The lowest BCUT2D eigenvalue weighted by molar-refractivity contribution is 0.281. The number of nitrogens with one attached hydrogen (secondary N) is 2. The molecule has 0 fully saturated rings. The molecular formula is C33H36FN7O3. The van der Waals surface area contributed by atoms with Gasteiger partial charge in [0.25, 0.3) is 11.1 Å². The highest BCUT2D eigenvalue weighted by molar-refractivity contribution is 5.83. The summed E-state index contributed by atoms with van der Waals surface area (Å²) in [5, 5.41) is 26.0. The summed E-state index contributed by atoms with van der Waals surface area (Å²) in [5.41, 5.74) is 2.10. The molecule has 1 atom stereocenters. The summed E-state index contributed by atoms with van der Waals surface area (Å²) in [7, 11) is 1.53. The van der Waals surface area contributed by atoms with Crippen LogP contribution in [0.15, 0.2) is 70.5 Å². The Kier molecular flexibility index (Phi) is 8.44. The second-order valence-corrected chi connectivity index (χ2v) is 11.7. The molecule has 3 N–H and O–H groups in total. The van der Waals surface area contributed by atoms with Crippen molar-refractivity contribution in [3.8, 4) is 16.9 Å². The lowest BCUT2D eigenvalue weighted by Crippen LogP contribution is -2.24. The van der Waals surface area contributed by atoms with Crippen molar-refractivity contribution in [3.63, 3.8) is 0 Å². The molecule has 2 aromatic carbocycles. The average molecular weight is 598 g/mol. The zero-order valence-electron chi connectivity index (χ0n) is 25.6. The van der Waals surface area contributed by atoms with E-state index in [4.69, 9.17) is 0 Å². The van der Waals surface area contributed by atoms with Crippen LogP contribution < -0.4 is 21.8 Å². The molecule has 0 bridgehead atoms. The van der Waals surface area contributed by atoms with Gasteiger partial charge in [-0.2, -0.15) is 14.9 Å². The van der Waals surface area contributed by atoms with E-state index in [1.807, 2.05) is 40.7 Å². The molecule has 0 radical (unpaired) electrons. The van der Waals surface area contributed by atoms with Crippen LogP contribution in [0.5, 0.6) is 0 Å². The van der Waals surface area contributed by atoms with Crippen LogP contribution in [0.3, 0.4) is 0 Å². The molecule has 0 saturated heterocycles. The maximum Gasteiger partial charge on any atom is 0.290 e. The van der Waals surface area contributed by atoms with Gasteiger partial charge < -0.3 is 15.7 Å². The van der Waals surface area contributed by atoms with Crippen molar-refractivity contribution in [2.75, 3.05) is 11.9 Å². The monoisotopic (exact) mass is 597 g/mol. The molecule has 0 aliphatic rings. The fourth-order valence-electron chi connectivity index (χ4n) is 5.14. The van der Waals surface area contributed by atoms with Crippen LogP contribution in [0.4, 0.5) is 15.9 Å². The van der Waals surface area contributed by atoms with Gasteiger partial charge in [0.15, 0.2) is 0 Å². The topological polar surface area (TPSA) is 127 Å². The van der Waals surface area contributed by atoms with Crippen LogP contribution >= 0.6 is 0 Å². The summed E-state index contributed by atoms with van der Waals surface area (Å²) < 4.78 is 17.6. The van der Waals surface area contributed by atoms with E-state index >= 15 is 4.39 Å². The Morgan fingerprint density at radius 3 is 2.48 bits per heavy atom. The van der Waals surface area contributed by atoms with Crippen LogP contribution in [-0.4, -0.2) is 36.2 Å². The van der Waals surface area contributed by atoms with Gasteiger partial charge in [-0.25, -0.2) is 14.1 Å². The first-order valence-corrected chi connectivity index (χ1v) is 14.4. The van der Waals surface area contributed by atoms with Crippen molar-refractivity contribution in [2.24, 2.45) is 7.05 Å². The normalized spacial score (nSPS) is 12.5. The number of aromatic nitrogens is 5. The smallest absolute Gasteiger partial charge is 0.290 e. The molecule has 3 aromatic heterocycles. The predicted molar refractivity (Wildman–Crippen MR) is 170 cm³/mol. The second kappa shape index (κ2) is 12.1. The lowest BCUT2D eigenvalue weighted by Gasteiger charge is -2.20. The number of fused-ring (bicyclic) bond motifs is 1. The molecule has 228 valence electrons. The Morgan fingerprint density at radius 1 is 1.05 bits per heavy atom. The van der Waals surface area contributed by atoms with Crippen LogP contribution in [0.25, 0.3) is 27.7 Å². The van der Waals surface area contributed by atoms with Gasteiger partial charge in [0.05, 0.1) is 29.6 Å². The van der Waals surface area contributed by atoms with E-state index in [-0.39, 0.29) is 33.8 Å². The van der Waals surface area contributed by atoms with Gasteiger partial charge in [0.1, 0.15) is 17.3 Å². The molecular weight excluding hydrogens is 561 g/mol. The minimum Gasteiger partial charge on any atom is -0.392 e. The lowest BCUT2D eigenvalue weighted by atomic mass is 9.86. The molecule has 0 saturated carbocycles. The minimum absolute atomic E-state index is 0.0904. The molecule has 11 heteroatoms. The highest BCUT2D eigenvalue weighted by Gasteiger charge is 2.21. The fourth-order valence-corrected chi connectivity index (χ4v) is 5.14. The zero-order chi connectivity index (χ0) is 31.8. The molecule has 44 heavy (non-hydrogen) atoms. The summed E-state index contributed by atoms with van der Waals surface area (Å²) in [5.74, 6) is -0.158. The number of halogens is 1. The molecule has 1 unspecified atom stereocenters. The number of aliphatic hydroxyl groups is 1. The first-order chi connectivity index (χ1) is 20.9. The van der Waals surface area contributed by atoms with Crippen molar-refractivity contribution >= 4 is 22.3 Å². The number of aryl methyl sites for hydroxylation is 1. The van der Waals surface area contributed by atoms with E-state index in [0.29, 0.717) is 28.0 Å². The second-order valence-electron chi connectivity index (χ2n) is 11.7. The third-order valence-corrected chi connectivity index (χ3v) is 7.64. The maximum atomic E-state index is 15.3. The number of benzene rings is 2. The van der Waals surface area contributed by atoms with E-state index in [2.05, 4.69) is 25.8 Å². The Hall–Kier alpha value is -4.74. The van der Waals surface area contributed by atoms with Crippen LogP contribution in [0.2, 0.25) is 0 Å². The Bertz CT molecular complexity index is 1960. The Labute approximate surface area is 254 Å². The van der Waals surface area contributed by atoms with Gasteiger partial charge >= 0.3 is 0 Å². The molecule has 0 amide bonds. The Balaban J connectivity index is 1.57. The van der Waals surface area contributed by atoms with Crippen LogP contribution in [0.1, 0.15) is 57.4 Å². The predicted octanol–water partition coefficient (Wildman–Crippen LogP) is 4.88. The fraction of sp³-hybridized carbons (Fsp3) is 0.303. The van der Waals surface area contributed by atoms with Crippen molar-refractivity contribution in [1.29, 1.82) is 0 Å². The standard InChI is InChI=1S/C33H36FN7O3/c1-7-35-19(2)20-11-12-29(36-16-20)38-27-15-26(39-40(6)31(27)43)23-9-8-10-28(24(23)18-42)41-32(44)30-21(17-37-41)13-22(14-25(30)34)33(3,4)5/h8-17,19,35,42H,7,18H2,1-6H3,(H,36,38). The number of hydrogen-bond donors (Lipinski definition) is 3. The van der Waals surface area contributed by atoms with E-state index in [0.717, 1.165) is 22.4 Å². The third-order valence-electron chi connectivity index (χ3n) is 7.64. The number of anilines is 2. The van der Waals surface area contributed by atoms with Gasteiger partial charge in [-0.05, 0) is 60.3 Å². The number of hydrogen-bond acceptors (Lipinski definition) is 8. The summed E-state index contributed by atoms with van der Waals surface area (Å²) >= 11 is 0. The Morgan fingerprint density at radius 2 is 1.82 bits per heavy atom. The van der Waals surface area contributed by atoms with E-state index < -0.39 is 18.0 Å². The van der Waals surface area contributed by atoms with Crippen molar-refractivity contribution in [3.05, 3.63) is 104 Å². The van der Waals surface area contributed by atoms with Crippen molar-refractivity contribution < 1.29 is 9.50 Å². The summed E-state index contributed by atoms with van der Waals surface area (Å²) in [6, 6.07) is 13.6. The van der Waals surface area contributed by atoms with Crippen LogP contribution in [0, 0.1) is 5.82 Å². The highest BCUT2D eigenvalue weighted by Crippen LogP contribution is 2.30. The molecule has 3 heterocycles. The average Bonchev–Trinajstić information content (AvgIpc) is 2.99. The molecule has 0 aliphatic heterocycles. The van der Waals surface area contributed by atoms with Crippen molar-refractivity contribution in [1.82, 2.24) is 29.9 Å². The SMILES string of the molecule is CCNC(C)c1ccc(Nc2cc(-c3cccc(-n4ncc5cc(C(C)(C)C)cc(F)c5c4=O)c3CO)nn(C)c2=O)nc1. The van der Waals surface area contributed by atoms with Gasteiger partial charge in [0.2, 0.25) is 0 Å². The first kappa shape index (κ1) is 30.7. The molecule has 5 rings (SSSR count). The minimum atomic E-state index is -0.652. The van der Waals surface area contributed by atoms with Gasteiger partial charge in [-0.15, -0.1) is 0 Å². The summed E-state index contributed by atoms with van der Waals surface area (Å²) in [4.78, 5) is 31.1. The highest BCUT2D eigenvalue weighted by atomic mass is 19.1. The van der Waals surface area contributed by atoms with Gasteiger partial charge in [-0.3, -0.25) is 9.59 Å². The van der Waals surface area contributed by atoms with E-state index in [1.165, 1.54) is 24.0 Å². The number of nitrogens with zero attached hydrogens (tertiary/aromatic N) is 5. The largest absolute Gasteiger partial charge is 0.392 e. The first-order valence-electron chi connectivity index (χ1n) is 14.4. The quantitative estimate of drug-likeness (QED) is 0.231.